The third kappa shape index (κ3) is 11.9. The average molecular weight is 726 g/mol. The molecule has 2 N–H and O–H groups in total. The lowest BCUT2D eigenvalue weighted by molar-refractivity contribution is -0.100. The summed E-state index contributed by atoms with van der Waals surface area (Å²) in [6, 6.07) is 30.7. The quantitative estimate of drug-likeness (QED) is 0.111. The van der Waals surface area contributed by atoms with Gasteiger partial charge in [0.1, 0.15) is 11.4 Å². The monoisotopic (exact) mass is 725 g/mol. The SMILES string of the molecule is CC(C)(C)OC(=O)N1CC(OCc2ccc(C(=O)O)cc2)C(c2ccc(OCCCOCc3ccccc3)cc2)C(OCc2ccc(C(=O)O)cc2)C1. The summed E-state index contributed by atoms with van der Waals surface area (Å²) >= 11 is 0. The predicted molar refractivity (Wildman–Crippen MR) is 197 cm³/mol. The van der Waals surface area contributed by atoms with E-state index in [-0.39, 0.29) is 43.3 Å². The van der Waals surface area contributed by atoms with Gasteiger partial charge in [0.2, 0.25) is 0 Å². The number of nitrogens with zero attached hydrogens (tertiary/aromatic N) is 1. The molecule has 1 aliphatic rings. The average Bonchev–Trinajstić information content (AvgIpc) is 3.14. The summed E-state index contributed by atoms with van der Waals surface area (Å²) in [5.41, 5.74) is 3.22. The molecule has 11 nitrogen and oxygen atoms in total. The van der Waals surface area contributed by atoms with Crippen LogP contribution >= 0.6 is 0 Å². The molecule has 280 valence electrons. The molecular weight excluding hydrogens is 678 g/mol. The number of aromatic carboxylic acids is 2. The van der Waals surface area contributed by atoms with E-state index < -0.39 is 35.8 Å². The van der Waals surface area contributed by atoms with Gasteiger partial charge in [-0.3, -0.25) is 0 Å². The van der Waals surface area contributed by atoms with Crippen LogP contribution in [0.3, 0.4) is 0 Å². The Morgan fingerprint density at radius 2 is 1.17 bits per heavy atom. The van der Waals surface area contributed by atoms with Crippen molar-refractivity contribution in [1.29, 1.82) is 0 Å². The number of ether oxygens (including phenoxy) is 5. The molecule has 1 heterocycles. The maximum atomic E-state index is 13.4. The first kappa shape index (κ1) is 39.0. The third-order valence-electron chi connectivity index (χ3n) is 8.66. The first-order chi connectivity index (χ1) is 25.4. The zero-order valence-electron chi connectivity index (χ0n) is 30.3. The van der Waals surface area contributed by atoms with Gasteiger partial charge < -0.3 is 38.8 Å². The Morgan fingerprint density at radius 3 is 1.66 bits per heavy atom. The van der Waals surface area contributed by atoms with Crippen LogP contribution in [0.4, 0.5) is 4.79 Å². The van der Waals surface area contributed by atoms with Gasteiger partial charge in [-0.05, 0) is 79.4 Å². The lowest BCUT2D eigenvalue weighted by Crippen LogP contribution is -2.55. The Bertz CT molecular complexity index is 1700. The number of benzene rings is 4. The van der Waals surface area contributed by atoms with Crippen molar-refractivity contribution in [2.75, 3.05) is 26.3 Å². The summed E-state index contributed by atoms with van der Waals surface area (Å²) in [7, 11) is 0. The molecule has 11 heteroatoms. The van der Waals surface area contributed by atoms with Crippen LogP contribution in [0.2, 0.25) is 0 Å². The van der Waals surface area contributed by atoms with Crippen molar-refractivity contribution >= 4 is 18.0 Å². The highest BCUT2D eigenvalue weighted by Crippen LogP contribution is 2.35. The fourth-order valence-corrected chi connectivity index (χ4v) is 5.99. The van der Waals surface area contributed by atoms with Crippen molar-refractivity contribution in [1.82, 2.24) is 4.90 Å². The standard InChI is InChI=1S/C42H47NO10/c1-42(2,3)53-41(48)43-24-36(51-27-30-10-14-33(15-11-30)39(44)45)38(37(25-43)52-28-31-12-16-34(17-13-31)40(46)47)32-18-20-35(21-19-32)50-23-7-22-49-26-29-8-5-4-6-9-29/h4-6,8-21,36-38H,7,22-28H2,1-3H3,(H,44,45)(H,46,47). The van der Waals surface area contributed by atoms with Crippen LogP contribution in [-0.2, 0) is 38.8 Å². The lowest BCUT2D eigenvalue weighted by atomic mass is 9.84. The van der Waals surface area contributed by atoms with E-state index in [1.54, 1.807) is 29.2 Å². The highest BCUT2D eigenvalue weighted by atomic mass is 16.6. The Hall–Kier alpha value is -5.23. The number of piperidine rings is 1. The number of carboxylic acid groups (broad SMARTS) is 2. The number of carbonyl (C=O) groups is 3. The zero-order chi connectivity index (χ0) is 37.8. The molecule has 4 aromatic carbocycles. The Labute approximate surface area is 310 Å². The summed E-state index contributed by atoms with van der Waals surface area (Å²) in [6.45, 7) is 7.81. The van der Waals surface area contributed by atoms with Crippen LogP contribution in [-0.4, -0.2) is 77.3 Å². The fourth-order valence-electron chi connectivity index (χ4n) is 5.99. The van der Waals surface area contributed by atoms with E-state index in [1.165, 1.54) is 24.3 Å². The molecule has 2 atom stereocenters. The molecule has 2 unspecified atom stereocenters. The zero-order valence-corrected chi connectivity index (χ0v) is 30.3. The van der Waals surface area contributed by atoms with E-state index in [1.807, 2.05) is 75.4 Å². The van der Waals surface area contributed by atoms with Gasteiger partial charge in [-0.1, -0.05) is 66.7 Å². The second-order valence-electron chi connectivity index (χ2n) is 13.9. The molecule has 4 aromatic rings. The van der Waals surface area contributed by atoms with Gasteiger partial charge >= 0.3 is 18.0 Å². The van der Waals surface area contributed by atoms with E-state index in [2.05, 4.69) is 0 Å². The molecule has 0 aromatic heterocycles. The van der Waals surface area contributed by atoms with Crippen molar-refractivity contribution in [3.8, 4) is 5.75 Å². The van der Waals surface area contributed by atoms with Crippen LogP contribution in [0.15, 0.2) is 103 Å². The number of carboxylic acids is 2. The number of rotatable bonds is 16. The number of amides is 1. The van der Waals surface area contributed by atoms with Gasteiger partial charge in [-0.2, -0.15) is 0 Å². The fraction of sp³-hybridized carbons (Fsp3) is 0.357. The number of hydrogen-bond acceptors (Lipinski definition) is 8. The summed E-state index contributed by atoms with van der Waals surface area (Å²) < 4.78 is 30.6. The van der Waals surface area contributed by atoms with Gasteiger partial charge in [-0.15, -0.1) is 0 Å². The Balaban J connectivity index is 1.33. The first-order valence-electron chi connectivity index (χ1n) is 17.7. The second kappa shape index (κ2) is 18.5. The minimum absolute atomic E-state index is 0.167. The van der Waals surface area contributed by atoms with Gasteiger partial charge in [0, 0.05) is 12.3 Å². The molecule has 5 rings (SSSR count). The molecule has 1 aliphatic heterocycles. The van der Waals surface area contributed by atoms with E-state index in [0.717, 1.165) is 28.7 Å². The molecule has 0 bridgehead atoms. The predicted octanol–water partition coefficient (Wildman–Crippen LogP) is 7.57. The van der Waals surface area contributed by atoms with E-state index in [4.69, 9.17) is 23.7 Å². The molecule has 1 saturated heterocycles. The van der Waals surface area contributed by atoms with Gasteiger partial charge in [-0.25, -0.2) is 14.4 Å². The summed E-state index contributed by atoms with van der Waals surface area (Å²) in [6.07, 6.45) is -0.845. The second-order valence-corrected chi connectivity index (χ2v) is 13.9. The summed E-state index contributed by atoms with van der Waals surface area (Å²) in [4.78, 5) is 37.8. The lowest BCUT2D eigenvalue weighted by Gasteiger charge is -2.43. The number of hydrogen-bond donors (Lipinski definition) is 2. The van der Waals surface area contributed by atoms with Crippen molar-refractivity contribution in [2.45, 2.75) is 70.7 Å². The molecule has 0 radical (unpaired) electrons. The van der Waals surface area contributed by atoms with E-state index in [0.29, 0.717) is 25.6 Å². The van der Waals surface area contributed by atoms with Crippen molar-refractivity contribution in [3.63, 3.8) is 0 Å². The summed E-state index contributed by atoms with van der Waals surface area (Å²) in [5.74, 6) is -1.65. The number of likely N-dealkylation sites (tertiary alicyclic amines) is 1. The first-order valence-corrected chi connectivity index (χ1v) is 17.7. The topological polar surface area (TPSA) is 141 Å². The molecular formula is C42H47NO10. The third-order valence-corrected chi connectivity index (χ3v) is 8.66. The molecule has 0 aliphatic carbocycles. The van der Waals surface area contributed by atoms with Crippen LogP contribution < -0.4 is 4.74 Å². The summed E-state index contributed by atoms with van der Waals surface area (Å²) in [5, 5.41) is 18.7. The maximum absolute atomic E-state index is 13.4. The van der Waals surface area contributed by atoms with Gasteiger partial charge in [0.25, 0.3) is 0 Å². The normalized spacial score (nSPS) is 17.3. The van der Waals surface area contributed by atoms with Crippen LogP contribution in [0.25, 0.3) is 0 Å². The highest BCUT2D eigenvalue weighted by molar-refractivity contribution is 5.88. The van der Waals surface area contributed by atoms with Crippen molar-refractivity contribution in [3.05, 3.63) is 137 Å². The van der Waals surface area contributed by atoms with Crippen molar-refractivity contribution in [2.24, 2.45) is 0 Å². The molecule has 1 amide bonds. The van der Waals surface area contributed by atoms with Crippen LogP contribution in [0.1, 0.15) is 76.1 Å². The minimum Gasteiger partial charge on any atom is -0.494 e. The van der Waals surface area contributed by atoms with E-state index in [9.17, 15) is 24.6 Å². The minimum atomic E-state index is -1.01. The van der Waals surface area contributed by atoms with Gasteiger partial charge in [0.05, 0.1) is 69.5 Å². The smallest absolute Gasteiger partial charge is 0.410 e. The molecule has 1 fully saturated rings. The van der Waals surface area contributed by atoms with Gasteiger partial charge in [0.15, 0.2) is 0 Å². The molecule has 53 heavy (non-hydrogen) atoms. The maximum Gasteiger partial charge on any atom is 0.410 e. The van der Waals surface area contributed by atoms with Crippen molar-refractivity contribution < 1.29 is 48.3 Å². The largest absolute Gasteiger partial charge is 0.494 e. The highest BCUT2D eigenvalue weighted by Gasteiger charge is 2.42. The molecule has 0 spiro atoms. The Morgan fingerprint density at radius 1 is 0.660 bits per heavy atom. The van der Waals surface area contributed by atoms with E-state index >= 15 is 0 Å². The Kier molecular flexibility index (Phi) is 13.6. The number of carbonyl (C=O) groups excluding carboxylic acids is 1. The van der Waals surface area contributed by atoms with Crippen LogP contribution in [0, 0.1) is 0 Å². The van der Waals surface area contributed by atoms with Crippen LogP contribution in [0.5, 0.6) is 5.75 Å². The molecule has 0 saturated carbocycles.